The number of pyridine rings is 1. The summed E-state index contributed by atoms with van der Waals surface area (Å²) in [5.74, 6) is 1.17. The van der Waals surface area contributed by atoms with Crippen LogP contribution in [0.1, 0.15) is 64.9 Å². The summed E-state index contributed by atoms with van der Waals surface area (Å²) in [4.78, 5) is 4.24. The number of aliphatic hydroxyl groups is 2. The van der Waals surface area contributed by atoms with Crippen molar-refractivity contribution in [1.29, 1.82) is 0 Å². The van der Waals surface area contributed by atoms with Gasteiger partial charge in [-0.2, -0.15) is 0 Å². The number of nitrogens with zero attached hydrogens (tertiary/aromatic N) is 1. The lowest BCUT2D eigenvalue weighted by Crippen LogP contribution is -2.55. The average Bonchev–Trinajstić information content (AvgIpc) is 3.10. The fourth-order valence-corrected chi connectivity index (χ4v) is 7.70. The molecule has 1 heterocycles. The van der Waals surface area contributed by atoms with Gasteiger partial charge in [-0.1, -0.05) is 56.7 Å². The molecule has 4 aliphatic rings. The maximum Gasteiger partial charge on any atom is 0.131 e. The highest BCUT2D eigenvalue weighted by molar-refractivity contribution is 5.93. The van der Waals surface area contributed by atoms with Gasteiger partial charge in [0, 0.05) is 22.9 Å². The van der Waals surface area contributed by atoms with Crippen molar-refractivity contribution in [1.82, 2.24) is 4.98 Å². The molecule has 5 atom stereocenters. The number of aromatic nitrogens is 1. The topological polar surface area (TPSA) is 79.4 Å². The number of rotatable bonds is 1. The maximum atomic E-state index is 12.4. The van der Waals surface area contributed by atoms with E-state index >= 15 is 0 Å². The Morgan fingerprint density at radius 2 is 1.91 bits per heavy atom. The first-order chi connectivity index (χ1) is 16.1. The van der Waals surface area contributed by atoms with Gasteiger partial charge in [0.2, 0.25) is 0 Å². The molecule has 0 aliphatic heterocycles. The number of anilines is 1. The number of nitrogen functional groups attached to an aromatic ring is 1. The molecule has 1 aromatic carbocycles. The molecular formula is C30H36N2O2. The van der Waals surface area contributed by atoms with Crippen LogP contribution in [0.25, 0.3) is 16.3 Å². The molecule has 1 fully saturated rings. The van der Waals surface area contributed by atoms with E-state index in [0.717, 1.165) is 54.9 Å². The van der Waals surface area contributed by atoms with E-state index in [2.05, 4.69) is 62.2 Å². The fraction of sp³-hybridized carbons (Fsp3) is 0.500. The summed E-state index contributed by atoms with van der Waals surface area (Å²) in [6, 6.07) is 8.51. The molecular weight excluding hydrogens is 420 g/mol. The molecule has 4 aliphatic carbocycles. The molecule has 4 unspecified atom stereocenters. The first kappa shape index (κ1) is 22.1. The molecule has 0 spiro atoms. The monoisotopic (exact) mass is 456 g/mol. The molecule has 4 heteroatoms. The third kappa shape index (κ3) is 2.94. The van der Waals surface area contributed by atoms with E-state index in [4.69, 9.17) is 5.73 Å². The van der Waals surface area contributed by atoms with Crippen LogP contribution in [0.15, 0.2) is 59.8 Å². The number of benzene rings is 1. The van der Waals surface area contributed by atoms with Crippen molar-refractivity contribution in [2.45, 2.75) is 71.0 Å². The molecule has 0 amide bonds. The lowest BCUT2D eigenvalue weighted by atomic mass is 9.49. The largest absolute Gasteiger partial charge is 0.393 e. The lowest BCUT2D eigenvalue weighted by Gasteiger charge is -2.56. The fourth-order valence-electron chi connectivity index (χ4n) is 7.70. The standard InChI is InChI=1S/C30H36N2O2/c1-28(2)17-22-15-21-16-23(33)6-4-18(21)10-12-30(22,34)26-9-8-25(29(26,28)3)20-5-7-24-19(14-20)11-13-32-27(24)31/h5,7-8,11,13-15,17-18,23,26,33-34H,4,6,9-10,12,16H2,1-3H3,(H2,31,32)/t18?,23?,26?,29?,30-/m1/s1. The Labute approximate surface area is 202 Å². The summed E-state index contributed by atoms with van der Waals surface area (Å²) < 4.78 is 0. The second-order valence-corrected chi connectivity index (χ2v) is 11.9. The zero-order chi connectivity index (χ0) is 23.9. The molecule has 0 radical (unpaired) electrons. The van der Waals surface area contributed by atoms with Crippen molar-refractivity contribution in [2.75, 3.05) is 5.73 Å². The molecule has 0 bridgehead atoms. The Morgan fingerprint density at radius 1 is 1.09 bits per heavy atom. The van der Waals surface area contributed by atoms with Crippen molar-refractivity contribution in [3.63, 3.8) is 0 Å². The Kier molecular flexibility index (Phi) is 4.73. The number of aliphatic hydroxyl groups excluding tert-OH is 1. The number of nitrogens with two attached hydrogens (primary N) is 1. The first-order valence-electron chi connectivity index (χ1n) is 12.8. The van der Waals surface area contributed by atoms with Gasteiger partial charge < -0.3 is 15.9 Å². The molecule has 1 saturated carbocycles. The van der Waals surface area contributed by atoms with Gasteiger partial charge in [0.1, 0.15) is 5.82 Å². The molecule has 34 heavy (non-hydrogen) atoms. The van der Waals surface area contributed by atoms with Gasteiger partial charge in [-0.05, 0) is 84.1 Å². The van der Waals surface area contributed by atoms with Crippen molar-refractivity contribution in [3.05, 3.63) is 65.4 Å². The van der Waals surface area contributed by atoms with E-state index in [9.17, 15) is 10.2 Å². The molecule has 1 aromatic heterocycles. The van der Waals surface area contributed by atoms with Crippen molar-refractivity contribution in [2.24, 2.45) is 22.7 Å². The van der Waals surface area contributed by atoms with Gasteiger partial charge in [0.05, 0.1) is 11.7 Å². The van der Waals surface area contributed by atoms with Crippen LogP contribution in [0.4, 0.5) is 5.82 Å². The third-order valence-electron chi connectivity index (χ3n) is 9.91. The normalized spacial score (nSPS) is 36.5. The van der Waals surface area contributed by atoms with Gasteiger partial charge in [-0.3, -0.25) is 0 Å². The summed E-state index contributed by atoms with van der Waals surface area (Å²) >= 11 is 0. The summed E-state index contributed by atoms with van der Waals surface area (Å²) in [5, 5.41) is 24.8. The molecule has 178 valence electrons. The highest BCUT2D eigenvalue weighted by Gasteiger charge is 2.62. The average molecular weight is 457 g/mol. The van der Waals surface area contributed by atoms with Gasteiger partial charge >= 0.3 is 0 Å². The minimum absolute atomic E-state index is 0.116. The van der Waals surface area contributed by atoms with Crippen LogP contribution < -0.4 is 5.73 Å². The molecule has 6 rings (SSSR count). The molecule has 4 N–H and O–H groups in total. The predicted octanol–water partition coefficient (Wildman–Crippen LogP) is 5.81. The van der Waals surface area contributed by atoms with Gasteiger partial charge in [0.15, 0.2) is 0 Å². The SMILES string of the molecule is CC1(C)C=C2C=C3CC(O)CCC3CC[C@]2(O)C2CC=C(c3ccc4c(N)nccc4c3)C21C. The third-order valence-corrected chi connectivity index (χ3v) is 9.91. The van der Waals surface area contributed by atoms with Crippen LogP contribution in [-0.4, -0.2) is 26.9 Å². The Morgan fingerprint density at radius 3 is 2.74 bits per heavy atom. The first-order valence-corrected chi connectivity index (χ1v) is 12.8. The highest BCUT2D eigenvalue weighted by atomic mass is 16.3. The van der Waals surface area contributed by atoms with Crippen LogP contribution in [-0.2, 0) is 0 Å². The predicted molar refractivity (Wildman–Crippen MR) is 138 cm³/mol. The van der Waals surface area contributed by atoms with E-state index in [1.54, 1.807) is 6.20 Å². The van der Waals surface area contributed by atoms with Crippen LogP contribution in [0.5, 0.6) is 0 Å². The Bertz CT molecular complexity index is 1270. The van der Waals surface area contributed by atoms with E-state index < -0.39 is 5.60 Å². The summed E-state index contributed by atoms with van der Waals surface area (Å²) in [6.45, 7) is 7.01. The van der Waals surface area contributed by atoms with Crippen molar-refractivity contribution >= 4 is 22.2 Å². The zero-order valence-corrected chi connectivity index (χ0v) is 20.5. The van der Waals surface area contributed by atoms with E-state index in [1.807, 2.05) is 6.07 Å². The van der Waals surface area contributed by atoms with Crippen LogP contribution >= 0.6 is 0 Å². The Balaban J connectivity index is 1.46. The van der Waals surface area contributed by atoms with Crippen LogP contribution in [0, 0.1) is 22.7 Å². The van der Waals surface area contributed by atoms with Crippen molar-refractivity contribution in [3.8, 4) is 0 Å². The lowest BCUT2D eigenvalue weighted by molar-refractivity contribution is -0.0651. The van der Waals surface area contributed by atoms with E-state index in [0.29, 0.717) is 11.7 Å². The Hall–Kier alpha value is -2.43. The van der Waals surface area contributed by atoms with Crippen molar-refractivity contribution < 1.29 is 10.2 Å². The van der Waals surface area contributed by atoms with E-state index in [-0.39, 0.29) is 22.9 Å². The highest BCUT2D eigenvalue weighted by Crippen LogP contribution is 2.67. The number of fused-ring (bicyclic) bond motifs is 5. The summed E-state index contributed by atoms with van der Waals surface area (Å²) in [7, 11) is 0. The molecule has 0 saturated heterocycles. The molecule has 2 aromatic rings. The quantitative estimate of drug-likeness (QED) is 0.506. The number of hydrogen-bond acceptors (Lipinski definition) is 4. The zero-order valence-electron chi connectivity index (χ0n) is 20.5. The maximum absolute atomic E-state index is 12.4. The van der Waals surface area contributed by atoms with Crippen LogP contribution in [0.2, 0.25) is 0 Å². The second kappa shape index (κ2) is 7.29. The number of hydrogen-bond donors (Lipinski definition) is 3. The van der Waals surface area contributed by atoms with E-state index in [1.165, 1.54) is 16.7 Å². The van der Waals surface area contributed by atoms with Gasteiger partial charge in [-0.25, -0.2) is 4.98 Å². The molecule has 4 nitrogen and oxygen atoms in total. The van der Waals surface area contributed by atoms with Crippen LogP contribution in [0.3, 0.4) is 0 Å². The van der Waals surface area contributed by atoms with Gasteiger partial charge in [0.25, 0.3) is 0 Å². The summed E-state index contributed by atoms with van der Waals surface area (Å²) in [6.07, 6.45) is 13.8. The number of allylic oxidation sites excluding steroid dienone is 3. The smallest absolute Gasteiger partial charge is 0.131 e. The summed E-state index contributed by atoms with van der Waals surface area (Å²) in [5.41, 5.74) is 9.88. The minimum Gasteiger partial charge on any atom is -0.393 e. The van der Waals surface area contributed by atoms with Gasteiger partial charge in [-0.15, -0.1) is 0 Å². The minimum atomic E-state index is -0.844. The second-order valence-electron chi connectivity index (χ2n) is 11.9.